The highest BCUT2D eigenvalue weighted by Crippen LogP contribution is 2.35. The van der Waals surface area contributed by atoms with Crippen LogP contribution in [-0.4, -0.2) is 36.1 Å². The number of allylic oxidation sites excluding steroid dienone is 1. The minimum absolute atomic E-state index is 0.0443. The van der Waals surface area contributed by atoms with Gasteiger partial charge in [0.15, 0.2) is 10.2 Å². The van der Waals surface area contributed by atoms with Crippen LogP contribution in [0, 0.1) is 5.92 Å². The molecule has 0 fully saturated rings. The summed E-state index contributed by atoms with van der Waals surface area (Å²) in [6, 6.07) is 5.35. The molecule has 0 saturated heterocycles. The SMILES string of the molecule is O=S(=O)(c1c(Cl)nc2ccccn12)C1C=CCC(C2=CCNCC2)C1. The molecule has 2 aromatic rings. The maximum absolute atomic E-state index is 13.3. The zero-order chi connectivity index (χ0) is 17.4. The maximum Gasteiger partial charge on any atom is 0.203 e. The Bertz CT molecular complexity index is 962. The summed E-state index contributed by atoms with van der Waals surface area (Å²) in [4.78, 5) is 4.19. The topological polar surface area (TPSA) is 63.5 Å². The van der Waals surface area contributed by atoms with Crippen molar-refractivity contribution >= 4 is 27.1 Å². The number of nitrogens with one attached hydrogen (secondary N) is 1. The van der Waals surface area contributed by atoms with E-state index in [1.807, 2.05) is 18.2 Å². The summed E-state index contributed by atoms with van der Waals surface area (Å²) in [5.74, 6) is 0.282. The molecule has 1 aliphatic heterocycles. The number of imidazole rings is 1. The summed E-state index contributed by atoms with van der Waals surface area (Å²) >= 11 is 6.20. The molecule has 1 aliphatic carbocycles. The van der Waals surface area contributed by atoms with E-state index in [4.69, 9.17) is 11.6 Å². The van der Waals surface area contributed by atoms with Crippen LogP contribution in [0.1, 0.15) is 19.3 Å². The molecule has 132 valence electrons. The van der Waals surface area contributed by atoms with Crippen LogP contribution in [0.2, 0.25) is 5.15 Å². The lowest BCUT2D eigenvalue weighted by Gasteiger charge is -2.28. The molecule has 3 heterocycles. The van der Waals surface area contributed by atoms with E-state index in [0.29, 0.717) is 12.1 Å². The van der Waals surface area contributed by atoms with Gasteiger partial charge < -0.3 is 5.32 Å². The summed E-state index contributed by atoms with van der Waals surface area (Å²) in [6.07, 6.45) is 10.2. The highest BCUT2D eigenvalue weighted by molar-refractivity contribution is 7.92. The fourth-order valence-corrected chi connectivity index (χ4v) is 6.04. The molecule has 7 heteroatoms. The van der Waals surface area contributed by atoms with Crippen molar-refractivity contribution in [2.24, 2.45) is 5.92 Å². The predicted molar refractivity (Wildman–Crippen MR) is 98.6 cm³/mol. The Morgan fingerprint density at radius 2 is 2.20 bits per heavy atom. The van der Waals surface area contributed by atoms with Crippen molar-refractivity contribution in [2.45, 2.75) is 29.5 Å². The molecular weight excluding hydrogens is 358 g/mol. The van der Waals surface area contributed by atoms with Crippen molar-refractivity contribution in [2.75, 3.05) is 13.1 Å². The molecule has 25 heavy (non-hydrogen) atoms. The van der Waals surface area contributed by atoms with Gasteiger partial charge >= 0.3 is 0 Å². The van der Waals surface area contributed by atoms with Gasteiger partial charge in [-0.2, -0.15) is 0 Å². The van der Waals surface area contributed by atoms with E-state index in [1.165, 1.54) is 5.57 Å². The standard InChI is InChI=1S/C18H20ClN3O2S/c19-17-18(22-11-2-1-6-16(22)21-17)25(23,24)15-5-3-4-14(12-15)13-7-9-20-10-8-13/h1-3,5-7,11,14-15,20H,4,8-10,12H2. The highest BCUT2D eigenvalue weighted by Gasteiger charge is 2.35. The Morgan fingerprint density at radius 1 is 1.32 bits per heavy atom. The first kappa shape index (κ1) is 16.8. The van der Waals surface area contributed by atoms with E-state index < -0.39 is 15.1 Å². The molecule has 0 aromatic carbocycles. The molecule has 4 rings (SSSR count). The first-order valence-electron chi connectivity index (χ1n) is 8.50. The fourth-order valence-electron chi connectivity index (χ4n) is 3.74. The van der Waals surface area contributed by atoms with E-state index in [-0.39, 0.29) is 16.1 Å². The molecule has 1 N–H and O–H groups in total. The number of sulfone groups is 1. The molecule has 0 bridgehead atoms. The number of fused-ring (bicyclic) bond motifs is 1. The van der Waals surface area contributed by atoms with Crippen LogP contribution in [-0.2, 0) is 9.84 Å². The minimum Gasteiger partial charge on any atom is -0.313 e. The Hall–Kier alpha value is -1.63. The first-order valence-corrected chi connectivity index (χ1v) is 10.4. The van der Waals surface area contributed by atoms with Gasteiger partial charge in [0, 0.05) is 12.7 Å². The lowest BCUT2D eigenvalue weighted by atomic mass is 9.84. The number of hydrogen-bond acceptors (Lipinski definition) is 4. The Labute approximate surface area is 152 Å². The van der Waals surface area contributed by atoms with E-state index in [2.05, 4.69) is 16.4 Å². The minimum atomic E-state index is -3.61. The van der Waals surface area contributed by atoms with Gasteiger partial charge in [0.25, 0.3) is 0 Å². The van der Waals surface area contributed by atoms with Gasteiger partial charge in [0.1, 0.15) is 5.65 Å². The number of hydrogen-bond donors (Lipinski definition) is 1. The third-order valence-electron chi connectivity index (χ3n) is 5.03. The van der Waals surface area contributed by atoms with Crippen molar-refractivity contribution in [3.05, 3.63) is 53.4 Å². The summed E-state index contributed by atoms with van der Waals surface area (Å²) in [7, 11) is -3.61. The number of pyridine rings is 1. The molecule has 2 aliphatic rings. The molecule has 0 amide bonds. The third kappa shape index (κ3) is 3.03. The number of nitrogens with zero attached hydrogens (tertiary/aromatic N) is 2. The molecular formula is C18H20ClN3O2S. The van der Waals surface area contributed by atoms with Crippen LogP contribution < -0.4 is 5.32 Å². The fraction of sp³-hybridized carbons (Fsp3) is 0.389. The number of aromatic nitrogens is 2. The second-order valence-electron chi connectivity index (χ2n) is 6.55. The van der Waals surface area contributed by atoms with Crippen molar-refractivity contribution in [3.63, 3.8) is 0 Å². The van der Waals surface area contributed by atoms with Crippen LogP contribution in [0.5, 0.6) is 0 Å². The van der Waals surface area contributed by atoms with Crippen LogP contribution in [0.25, 0.3) is 5.65 Å². The molecule has 2 atom stereocenters. The second-order valence-corrected chi connectivity index (χ2v) is 8.99. The normalized spacial score (nSPS) is 24.4. The lowest BCUT2D eigenvalue weighted by Crippen LogP contribution is -2.29. The highest BCUT2D eigenvalue weighted by atomic mass is 35.5. The first-order chi connectivity index (χ1) is 12.1. The second kappa shape index (κ2) is 6.59. The summed E-state index contributed by atoms with van der Waals surface area (Å²) in [5.41, 5.74) is 1.91. The van der Waals surface area contributed by atoms with Gasteiger partial charge in [0.05, 0.1) is 5.25 Å². The van der Waals surface area contributed by atoms with Gasteiger partial charge in [-0.05, 0) is 43.9 Å². The summed E-state index contributed by atoms with van der Waals surface area (Å²) in [6.45, 7) is 1.83. The number of halogens is 1. The molecule has 0 saturated carbocycles. The molecule has 0 radical (unpaired) electrons. The lowest BCUT2D eigenvalue weighted by molar-refractivity contribution is 0.500. The Kier molecular flexibility index (Phi) is 4.43. The van der Waals surface area contributed by atoms with E-state index in [0.717, 1.165) is 25.9 Å². The van der Waals surface area contributed by atoms with Crippen molar-refractivity contribution in [1.29, 1.82) is 0 Å². The largest absolute Gasteiger partial charge is 0.313 e. The third-order valence-corrected chi connectivity index (χ3v) is 7.48. The van der Waals surface area contributed by atoms with Crippen molar-refractivity contribution < 1.29 is 8.42 Å². The average molecular weight is 378 g/mol. The molecule has 2 aromatic heterocycles. The van der Waals surface area contributed by atoms with Gasteiger partial charge in [0.2, 0.25) is 9.84 Å². The van der Waals surface area contributed by atoms with Gasteiger partial charge in [-0.15, -0.1) is 0 Å². The molecule has 5 nitrogen and oxygen atoms in total. The van der Waals surface area contributed by atoms with Crippen LogP contribution in [0.15, 0.2) is 53.2 Å². The van der Waals surface area contributed by atoms with Gasteiger partial charge in [-0.25, -0.2) is 13.4 Å². The van der Waals surface area contributed by atoms with Crippen LogP contribution in [0.4, 0.5) is 0 Å². The predicted octanol–water partition coefficient (Wildman–Crippen LogP) is 3.02. The smallest absolute Gasteiger partial charge is 0.203 e. The van der Waals surface area contributed by atoms with Crippen molar-refractivity contribution in [3.8, 4) is 0 Å². The van der Waals surface area contributed by atoms with Gasteiger partial charge in [-0.3, -0.25) is 4.40 Å². The Morgan fingerprint density at radius 3 is 3.00 bits per heavy atom. The zero-order valence-electron chi connectivity index (χ0n) is 13.7. The Balaban J connectivity index is 1.70. The molecule has 0 spiro atoms. The maximum atomic E-state index is 13.3. The van der Waals surface area contributed by atoms with Gasteiger partial charge in [-0.1, -0.05) is 41.5 Å². The number of rotatable bonds is 3. The van der Waals surface area contributed by atoms with Crippen molar-refractivity contribution in [1.82, 2.24) is 14.7 Å². The monoisotopic (exact) mass is 377 g/mol. The van der Waals surface area contributed by atoms with Crippen LogP contribution >= 0.6 is 11.6 Å². The van der Waals surface area contributed by atoms with E-state index in [1.54, 1.807) is 22.7 Å². The average Bonchev–Trinajstić information content (AvgIpc) is 2.99. The van der Waals surface area contributed by atoms with E-state index in [9.17, 15) is 8.42 Å². The van der Waals surface area contributed by atoms with E-state index >= 15 is 0 Å². The molecule has 2 unspecified atom stereocenters. The van der Waals surface area contributed by atoms with Crippen LogP contribution in [0.3, 0.4) is 0 Å². The summed E-state index contributed by atoms with van der Waals surface area (Å²) in [5, 5.41) is 2.87. The summed E-state index contributed by atoms with van der Waals surface area (Å²) < 4.78 is 28.1. The quantitative estimate of drug-likeness (QED) is 0.835. The zero-order valence-corrected chi connectivity index (χ0v) is 15.3.